The molecule has 1 aliphatic heterocycles. The van der Waals surface area contributed by atoms with Gasteiger partial charge in [-0.3, -0.25) is 0 Å². The molecule has 1 aromatic carbocycles. The van der Waals surface area contributed by atoms with Crippen LogP contribution in [-0.4, -0.2) is 24.3 Å². The van der Waals surface area contributed by atoms with E-state index in [4.69, 9.17) is 4.74 Å². The smallest absolute Gasteiger partial charge is 0.125 e. The second-order valence-electron chi connectivity index (χ2n) is 4.87. The number of hydrogen-bond donors (Lipinski definition) is 2. The first-order valence-corrected chi connectivity index (χ1v) is 6.94. The molecular weight excluding hydrogens is 226 g/mol. The standard InChI is InChI=1S/C15H23NO2/c1-2-18-15-9-4-3-8-13(15)14(17)11-12-7-5-6-10-16-12/h3-4,8-9,12,14,16-17H,2,5-7,10-11H2,1H3. The van der Waals surface area contributed by atoms with E-state index in [0.717, 1.165) is 30.7 Å². The highest BCUT2D eigenvalue weighted by atomic mass is 16.5. The van der Waals surface area contributed by atoms with E-state index in [1.165, 1.54) is 12.8 Å². The van der Waals surface area contributed by atoms with Gasteiger partial charge in [0.15, 0.2) is 0 Å². The third-order valence-corrected chi connectivity index (χ3v) is 3.50. The number of piperidine rings is 1. The van der Waals surface area contributed by atoms with Crippen molar-refractivity contribution in [3.05, 3.63) is 29.8 Å². The zero-order valence-corrected chi connectivity index (χ0v) is 11.1. The number of rotatable bonds is 5. The molecule has 3 nitrogen and oxygen atoms in total. The topological polar surface area (TPSA) is 41.5 Å². The molecule has 3 heteroatoms. The fourth-order valence-corrected chi connectivity index (χ4v) is 2.56. The van der Waals surface area contributed by atoms with Crippen LogP contribution in [-0.2, 0) is 0 Å². The van der Waals surface area contributed by atoms with Crippen molar-refractivity contribution in [2.24, 2.45) is 0 Å². The average Bonchev–Trinajstić information content (AvgIpc) is 2.41. The van der Waals surface area contributed by atoms with Gasteiger partial charge < -0.3 is 15.2 Å². The van der Waals surface area contributed by atoms with Crippen LogP contribution < -0.4 is 10.1 Å². The minimum Gasteiger partial charge on any atom is -0.493 e. The van der Waals surface area contributed by atoms with Crippen LogP contribution in [0.2, 0.25) is 0 Å². The van der Waals surface area contributed by atoms with Crippen LogP contribution in [0.5, 0.6) is 5.75 Å². The molecule has 0 spiro atoms. The molecule has 18 heavy (non-hydrogen) atoms. The Morgan fingerprint density at radius 1 is 1.39 bits per heavy atom. The van der Waals surface area contributed by atoms with E-state index < -0.39 is 6.10 Å². The first-order valence-electron chi connectivity index (χ1n) is 6.94. The Morgan fingerprint density at radius 3 is 2.94 bits per heavy atom. The summed E-state index contributed by atoms with van der Waals surface area (Å²) in [7, 11) is 0. The summed E-state index contributed by atoms with van der Waals surface area (Å²) >= 11 is 0. The minimum atomic E-state index is -0.441. The molecule has 0 saturated carbocycles. The first-order chi connectivity index (χ1) is 8.81. The molecule has 0 amide bonds. The summed E-state index contributed by atoms with van der Waals surface area (Å²) in [5.74, 6) is 0.809. The summed E-state index contributed by atoms with van der Waals surface area (Å²) in [6.45, 7) is 3.67. The molecule has 1 aliphatic rings. The summed E-state index contributed by atoms with van der Waals surface area (Å²) < 4.78 is 5.57. The minimum absolute atomic E-state index is 0.434. The van der Waals surface area contributed by atoms with Crippen molar-refractivity contribution in [3.63, 3.8) is 0 Å². The number of benzene rings is 1. The lowest BCUT2D eigenvalue weighted by atomic mass is 9.95. The summed E-state index contributed by atoms with van der Waals surface area (Å²) in [5.41, 5.74) is 0.909. The predicted octanol–water partition coefficient (Wildman–Crippen LogP) is 2.65. The second-order valence-corrected chi connectivity index (χ2v) is 4.87. The number of hydrogen-bond acceptors (Lipinski definition) is 3. The zero-order chi connectivity index (χ0) is 12.8. The number of aliphatic hydroxyl groups excluding tert-OH is 1. The normalized spacial score (nSPS) is 21.6. The SMILES string of the molecule is CCOc1ccccc1C(O)CC1CCCCN1. The lowest BCUT2D eigenvalue weighted by Crippen LogP contribution is -2.35. The lowest BCUT2D eigenvalue weighted by Gasteiger charge is -2.26. The van der Waals surface area contributed by atoms with Crippen LogP contribution in [0.15, 0.2) is 24.3 Å². The van der Waals surface area contributed by atoms with Crippen LogP contribution in [0.1, 0.15) is 44.3 Å². The van der Waals surface area contributed by atoms with Gasteiger partial charge in [0.05, 0.1) is 12.7 Å². The summed E-state index contributed by atoms with van der Waals surface area (Å²) in [6.07, 6.45) is 4.00. The molecule has 0 aromatic heterocycles. The van der Waals surface area contributed by atoms with E-state index in [9.17, 15) is 5.11 Å². The molecule has 2 rings (SSSR count). The molecule has 0 bridgehead atoms. The van der Waals surface area contributed by atoms with Crippen LogP contribution >= 0.6 is 0 Å². The fraction of sp³-hybridized carbons (Fsp3) is 0.600. The van der Waals surface area contributed by atoms with Crippen LogP contribution in [0.3, 0.4) is 0 Å². The monoisotopic (exact) mass is 249 g/mol. The van der Waals surface area contributed by atoms with Gasteiger partial charge in [0.1, 0.15) is 5.75 Å². The highest BCUT2D eigenvalue weighted by Crippen LogP contribution is 2.29. The first kappa shape index (κ1) is 13.4. The number of aliphatic hydroxyl groups is 1. The van der Waals surface area contributed by atoms with Crippen molar-refractivity contribution in [1.29, 1.82) is 0 Å². The van der Waals surface area contributed by atoms with E-state index in [-0.39, 0.29) is 0 Å². The molecule has 2 atom stereocenters. The summed E-state index contributed by atoms with van der Waals surface area (Å²) in [4.78, 5) is 0. The average molecular weight is 249 g/mol. The van der Waals surface area contributed by atoms with Gasteiger partial charge in [-0.15, -0.1) is 0 Å². The quantitative estimate of drug-likeness (QED) is 0.843. The van der Waals surface area contributed by atoms with Crippen molar-refractivity contribution in [2.45, 2.75) is 44.8 Å². The highest BCUT2D eigenvalue weighted by Gasteiger charge is 2.20. The van der Waals surface area contributed by atoms with Gasteiger partial charge in [-0.1, -0.05) is 24.6 Å². The Kier molecular flexibility index (Phi) is 5.02. The van der Waals surface area contributed by atoms with Crippen molar-refractivity contribution in [2.75, 3.05) is 13.2 Å². The fourth-order valence-electron chi connectivity index (χ4n) is 2.56. The highest BCUT2D eigenvalue weighted by molar-refractivity contribution is 5.35. The molecule has 1 heterocycles. The van der Waals surface area contributed by atoms with Crippen molar-refractivity contribution >= 4 is 0 Å². The maximum absolute atomic E-state index is 10.4. The largest absolute Gasteiger partial charge is 0.493 e. The Balaban J connectivity index is 2.00. The lowest BCUT2D eigenvalue weighted by molar-refractivity contribution is 0.140. The van der Waals surface area contributed by atoms with Crippen LogP contribution in [0, 0.1) is 0 Å². The molecule has 2 unspecified atom stereocenters. The molecule has 1 aromatic rings. The van der Waals surface area contributed by atoms with Crippen molar-refractivity contribution in [3.8, 4) is 5.75 Å². The van der Waals surface area contributed by atoms with E-state index in [0.29, 0.717) is 12.6 Å². The third-order valence-electron chi connectivity index (χ3n) is 3.50. The van der Waals surface area contributed by atoms with Crippen molar-refractivity contribution in [1.82, 2.24) is 5.32 Å². The Bertz CT molecular complexity index is 361. The Morgan fingerprint density at radius 2 is 2.22 bits per heavy atom. The maximum Gasteiger partial charge on any atom is 0.125 e. The van der Waals surface area contributed by atoms with Gasteiger partial charge in [0, 0.05) is 11.6 Å². The predicted molar refractivity (Wildman–Crippen MR) is 72.8 cm³/mol. The maximum atomic E-state index is 10.4. The van der Waals surface area contributed by atoms with Crippen molar-refractivity contribution < 1.29 is 9.84 Å². The Hall–Kier alpha value is -1.06. The molecule has 100 valence electrons. The van der Waals surface area contributed by atoms with E-state index in [1.807, 2.05) is 31.2 Å². The van der Waals surface area contributed by atoms with Crippen LogP contribution in [0.4, 0.5) is 0 Å². The van der Waals surface area contributed by atoms with Gasteiger partial charge in [0.2, 0.25) is 0 Å². The molecular formula is C15H23NO2. The molecule has 0 aliphatic carbocycles. The zero-order valence-electron chi connectivity index (χ0n) is 11.1. The summed E-state index contributed by atoms with van der Waals surface area (Å²) in [5, 5.41) is 13.8. The molecule has 0 radical (unpaired) electrons. The Labute approximate surface area is 109 Å². The van der Waals surface area contributed by atoms with E-state index in [2.05, 4.69) is 5.32 Å². The van der Waals surface area contributed by atoms with Gasteiger partial charge >= 0.3 is 0 Å². The molecule has 2 N–H and O–H groups in total. The number of para-hydroxylation sites is 1. The summed E-state index contributed by atoms with van der Waals surface area (Å²) in [6, 6.07) is 8.22. The van der Waals surface area contributed by atoms with Gasteiger partial charge in [-0.25, -0.2) is 0 Å². The second kappa shape index (κ2) is 6.76. The third kappa shape index (κ3) is 3.47. The van der Waals surface area contributed by atoms with E-state index >= 15 is 0 Å². The van der Waals surface area contributed by atoms with Gasteiger partial charge in [-0.05, 0) is 38.8 Å². The number of ether oxygens (including phenoxy) is 1. The molecule has 1 fully saturated rings. The number of nitrogens with one attached hydrogen (secondary N) is 1. The van der Waals surface area contributed by atoms with Gasteiger partial charge in [-0.2, -0.15) is 0 Å². The van der Waals surface area contributed by atoms with Gasteiger partial charge in [0.25, 0.3) is 0 Å². The molecule has 1 saturated heterocycles. The van der Waals surface area contributed by atoms with Crippen LogP contribution in [0.25, 0.3) is 0 Å². The van der Waals surface area contributed by atoms with E-state index in [1.54, 1.807) is 0 Å².